The van der Waals surface area contributed by atoms with Gasteiger partial charge in [-0.3, -0.25) is 24.1 Å². The fraction of sp³-hybridized carbons (Fsp3) is 0. The number of carbonyl (C=O) groups is 1. The van der Waals surface area contributed by atoms with Crippen LogP contribution in [0.25, 0.3) is 16.2 Å². The van der Waals surface area contributed by atoms with E-state index in [1.165, 1.54) is 21.9 Å². The van der Waals surface area contributed by atoms with Crippen LogP contribution in [0.3, 0.4) is 0 Å². The van der Waals surface area contributed by atoms with Gasteiger partial charge in [0.25, 0.3) is 11.5 Å². The standard InChI is InChI=1S/C15H10N6O2S/c22-13(10-8-17-15-21(14(10)23)5-6-24-15)18-12-7-11(19-20-12)9-1-3-16-4-2-9/h1-8H,(H2,18,19,20,22). The van der Waals surface area contributed by atoms with Crippen molar-refractivity contribution >= 4 is 28.0 Å². The van der Waals surface area contributed by atoms with Crippen LogP contribution in [0, 0.1) is 0 Å². The molecule has 0 atom stereocenters. The maximum Gasteiger partial charge on any atom is 0.271 e. The predicted octanol–water partition coefficient (Wildman–Crippen LogP) is 1.79. The number of fused-ring (bicyclic) bond motifs is 1. The normalized spacial score (nSPS) is 10.8. The minimum absolute atomic E-state index is 0.0423. The molecule has 4 rings (SSSR count). The van der Waals surface area contributed by atoms with E-state index in [-0.39, 0.29) is 5.56 Å². The second-order valence-corrected chi connectivity index (χ2v) is 5.76. The van der Waals surface area contributed by atoms with Crippen molar-refractivity contribution in [2.24, 2.45) is 0 Å². The number of thiazole rings is 1. The third-order valence-corrected chi connectivity index (χ3v) is 4.17. The van der Waals surface area contributed by atoms with Gasteiger partial charge in [-0.2, -0.15) is 5.10 Å². The SMILES string of the molecule is O=C(Nc1cc(-c2ccncc2)[nH]n1)c1cnc2sccn2c1=O. The molecule has 0 fully saturated rings. The van der Waals surface area contributed by atoms with Gasteiger partial charge in [-0.15, -0.1) is 11.3 Å². The molecular formula is C15H10N6O2S. The number of aromatic nitrogens is 5. The van der Waals surface area contributed by atoms with E-state index in [9.17, 15) is 9.59 Å². The van der Waals surface area contributed by atoms with E-state index in [4.69, 9.17) is 0 Å². The number of anilines is 1. The van der Waals surface area contributed by atoms with Crippen molar-refractivity contribution in [3.8, 4) is 11.3 Å². The van der Waals surface area contributed by atoms with Gasteiger partial charge in [0.2, 0.25) is 0 Å². The van der Waals surface area contributed by atoms with E-state index < -0.39 is 11.5 Å². The number of aromatic amines is 1. The first kappa shape index (κ1) is 14.3. The number of hydrogen-bond acceptors (Lipinski definition) is 6. The monoisotopic (exact) mass is 338 g/mol. The highest BCUT2D eigenvalue weighted by molar-refractivity contribution is 7.15. The van der Waals surface area contributed by atoms with Crippen LogP contribution in [-0.4, -0.2) is 30.5 Å². The van der Waals surface area contributed by atoms with Crippen LogP contribution in [0.15, 0.2) is 53.2 Å². The number of rotatable bonds is 3. The van der Waals surface area contributed by atoms with E-state index >= 15 is 0 Å². The van der Waals surface area contributed by atoms with Gasteiger partial charge in [0.15, 0.2) is 10.8 Å². The molecule has 24 heavy (non-hydrogen) atoms. The lowest BCUT2D eigenvalue weighted by Gasteiger charge is -2.01. The van der Waals surface area contributed by atoms with E-state index in [1.807, 2.05) is 12.1 Å². The summed E-state index contributed by atoms with van der Waals surface area (Å²) in [5, 5.41) is 11.2. The van der Waals surface area contributed by atoms with E-state index in [1.54, 1.807) is 30.0 Å². The Morgan fingerprint density at radius 3 is 2.96 bits per heavy atom. The highest BCUT2D eigenvalue weighted by Crippen LogP contribution is 2.18. The van der Waals surface area contributed by atoms with Crippen LogP contribution in [0.1, 0.15) is 10.4 Å². The van der Waals surface area contributed by atoms with Crippen LogP contribution in [0.2, 0.25) is 0 Å². The summed E-state index contributed by atoms with van der Waals surface area (Å²) in [6, 6.07) is 5.32. The molecule has 4 aromatic heterocycles. The fourth-order valence-electron chi connectivity index (χ4n) is 2.23. The lowest BCUT2D eigenvalue weighted by atomic mass is 10.2. The van der Waals surface area contributed by atoms with Gasteiger partial charge < -0.3 is 5.32 Å². The average Bonchev–Trinajstić information content (AvgIpc) is 3.25. The van der Waals surface area contributed by atoms with E-state index in [0.29, 0.717) is 10.8 Å². The molecule has 118 valence electrons. The zero-order valence-corrected chi connectivity index (χ0v) is 12.9. The van der Waals surface area contributed by atoms with Crippen molar-refractivity contribution in [1.29, 1.82) is 0 Å². The van der Waals surface area contributed by atoms with Gasteiger partial charge in [-0.25, -0.2) is 4.98 Å². The van der Waals surface area contributed by atoms with Gasteiger partial charge in [0, 0.05) is 41.8 Å². The van der Waals surface area contributed by atoms with E-state index in [0.717, 1.165) is 11.3 Å². The molecule has 2 N–H and O–H groups in total. The van der Waals surface area contributed by atoms with Gasteiger partial charge in [-0.1, -0.05) is 0 Å². The molecule has 0 aliphatic rings. The van der Waals surface area contributed by atoms with Crippen molar-refractivity contribution in [2.45, 2.75) is 0 Å². The summed E-state index contributed by atoms with van der Waals surface area (Å²) in [5.74, 6) is -0.234. The Hall–Kier alpha value is -3.33. The molecule has 0 unspecified atom stereocenters. The lowest BCUT2D eigenvalue weighted by Crippen LogP contribution is -2.25. The quantitative estimate of drug-likeness (QED) is 0.592. The average molecular weight is 338 g/mol. The third-order valence-electron chi connectivity index (χ3n) is 3.40. The molecule has 0 aliphatic carbocycles. The second kappa shape index (κ2) is 5.70. The Kier molecular flexibility index (Phi) is 3.39. The van der Waals surface area contributed by atoms with Gasteiger partial charge in [-0.05, 0) is 12.1 Å². The Bertz CT molecular complexity index is 1080. The predicted molar refractivity (Wildman–Crippen MR) is 89.1 cm³/mol. The van der Waals surface area contributed by atoms with Gasteiger partial charge >= 0.3 is 0 Å². The molecule has 0 saturated carbocycles. The lowest BCUT2D eigenvalue weighted by molar-refractivity contribution is 0.102. The van der Waals surface area contributed by atoms with Crippen molar-refractivity contribution < 1.29 is 4.79 Å². The molecular weight excluding hydrogens is 328 g/mol. The van der Waals surface area contributed by atoms with Crippen LogP contribution in [0.5, 0.6) is 0 Å². The molecule has 8 nitrogen and oxygen atoms in total. The zero-order chi connectivity index (χ0) is 16.5. The summed E-state index contributed by atoms with van der Waals surface area (Å²) in [6.07, 6.45) is 6.19. The molecule has 0 aromatic carbocycles. The maximum atomic E-state index is 12.3. The minimum Gasteiger partial charge on any atom is -0.305 e. The fourth-order valence-corrected chi connectivity index (χ4v) is 2.90. The summed E-state index contributed by atoms with van der Waals surface area (Å²) >= 11 is 1.32. The Labute approximate surface area is 138 Å². The summed E-state index contributed by atoms with van der Waals surface area (Å²) in [5.41, 5.74) is 1.17. The first-order chi connectivity index (χ1) is 11.7. The Morgan fingerprint density at radius 2 is 2.12 bits per heavy atom. The van der Waals surface area contributed by atoms with Crippen LogP contribution < -0.4 is 10.9 Å². The largest absolute Gasteiger partial charge is 0.305 e. The molecule has 0 radical (unpaired) electrons. The number of carbonyl (C=O) groups excluding carboxylic acids is 1. The molecule has 4 heterocycles. The number of hydrogen-bond donors (Lipinski definition) is 2. The minimum atomic E-state index is -0.555. The van der Waals surface area contributed by atoms with Crippen LogP contribution in [0.4, 0.5) is 5.82 Å². The number of nitrogens with zero attached hydrogens (tertiary/aromatic N) is 4. The third kappa shape index (κ3) is 2.46. The maximum absolute atomic E-state index is 12.3. The summed E-state index contributed by atoms with van der Waals surface area (Å²) in [7, 11) is 0. The van der Waals surface area contributed by atoms with Gasteiger partial charge in [0.05, 0.1) is 5.69 Å². The molecule has 1 amide bonds. The second-order valence-electron chi connectivity index (χ2n) is 4.89. The molecule has 0 saturated heterocycles. The van der Waals surface area contributed by atoms with Crippen molar-refractivity contribution in [1.82, 2.24) is 24.6 Å². The molecule has 0 bridgehead atoms. The van der Waals surface area contributed by atoms with Gasteiger partial charge in [0.1, 0.15) is 5.56 Å². The van der Waals surface area contributed by atoms with Crippen molar-refractivity contribution in [3.05, 3.63) is 64.3 Å². The number of pyridine rings is 1. The Morgan fingerprint density at radius 1 is 1.29 bits per heavy atom. The van der Waals surface area contributed by atoms with Crippen LogP contribution in [-0.2, 0) is 0 Å². The molecule has 0 aliphatic heterocycles. The molecule has 9 heteroatoms. The first-order valence-electron chi connectivity index (χ1n) is 6.94. The molecule has 4 aromatic rings. The summed E-state index contributed by atoms with van der Waals surface area (Å²) in [6.45, 7) is 0. The summed E-state index contributed by atoms with van der Waals surface area (Å²) < 4.78 is 1.34. The highest BCUT2D eigenvalue weighted by atomic mass is 32.1. The topological polar surface area (TPSA) is 105 Å². The van der Waals surface area contributed by atoms with E-state index in [2.05, 4.69) is 25.5 Å². The smallest absolute Gasteiger partial charge is 0.271 e. The zero-order valence-electron chi connectivity index (χ0n) is 12.1. The number of nitrogens with one attached hydrogen (secondary N) is 2. The van der Waals surface area contributed by atoms with Crippen molar-refractivity contribution in [2.75, 3.05) is 5.32 Å². The first-order valence-corrected chi connectivity index (χ1v) is 7.82. The summed E-state index contributed by atoms with van der Waals surface area (Å²) in [4.78, 5) is 33.2. The van der Waals surface area contributed by atoms with Crippen LogP contribution >= 0.6 is 11.3 Å². The Balaban J connectivity index is 1.61. The molecule has 0 spiro atoms. The number of H-pyrrole nitrogens is 1. The van der Waals surface area contributed by atoms with Crippen molar-refractivity contribution in [3.63, 3.8) is 0 Å². The number of amides is 1. The highest BCUT2D eigenvalue weighted by Gasteiger charge is 2.15.